The van der Waals surface area contributed by atoms with Gasteiger partial charge < -0.3 is 14.0 Å². The Morgan fingerprint density at radius 2 is 1.96 bits per heavy atom. The zero-order valence-corrected chi connectivity index (χ0v) is 16.9. The highest BCUT2D eigenvalue weighted by atomic mass is 32.2. The first-order valence-corrected chi connectivity index (χ1v) is 9.98. The van der Waals surface area contributed by atoms with Crippen LogP contribution in [0.4, 0.5) is 0 Å². The molecule has 0 fully saturated rings. The Labute approximate surface area is 163 Å². The van der Waals surface area contributed by atoms with Gasteiger partial charge in [0.05, 0.1) is 6.61 Å². The smallest absolute Gasteiger partial charge is 0.321 e. The first-order chi connectivity index (χ1) is 13.2. The van der Waals surface area contributed by atoms with Crippen molar-refractivity contribution in [2.75, 3.05) is 13.2 Å². The molecule has 0 aliphatic heterocycles. The second-order valence-electron chi connectivity index (χ2n) is 5.95. The molecule has 2 aromatic rings. The molecule has 1 aromatic heterocycles. The first kappa shape index (κ1) is 21.6. The van der Waals surface area contributed by atoms with Gasteiger partial charge in [-0.3, -0.25) is 9.59 Å². The van der Waals surface area contributed by atoms with Gasteiger partial charge in [0.15, 0.2) is 11.5 Å². The van der Waals surface area contributed by atoms with Gasteiger partial charge in [0, 0.05) is 11.1 Å². The number of nitrogens with one attached hydrogen (secondary N) is 1. The molecule has 1 N–H and O–H groups in total. The minimum absolute atomic E-state index is 0.104. The minimum atomic E-state index is -3.97. The zero-order valence-electron chi connectivity index (χ0n) is 16.1. The van der Waals surface area contributed by atoms with Crippen LogP contribution in [0.2, 0.25) is 0 Å². The number of ether oxygens (including phenoxy) is 2. The fourth-order valence-electron chi connectivity index (χ4n) is 2.50. The number of carbonyl (C=O) groups excluding carboxylic acids is 2. The second kappa shape index (κ2) is 8.98. The Balaban J connectivity index is 2.02. The number of nitrogens with zero attached hydrogens (tertiary/aromatic N) is 1. The second-order valence-corrected chi connectivity index (χ2v) is 7.65. The molecule has 0 unspecified atom stereocenters. The van der Waals surface area contributed by atoms with E-state index in [9.17, 15) is 18.0 Å². The predicted octanol–water partition coefficient (Wildman–Crippen LogP) is 1.91. The molecule has 0 saturated carbocycles. The van der Waals surface area contributed by atoms with E-state index in [1.54, 1.807) is 25.1 Å². The van der Waals surface area contributed by atoms with Gasteiger partial charge >= 0.3 is 5.97 Å². The van der Waals surface area contributed by atoms with Crippen molar-refractivity contribution in [2.45, 2.75) is 39.2 Å². The lowest BCUT2D eigenvalue weighted by atomic mass is 10.1. The van der Waals surface area contributed by atoms with Gasteiger partial charge in [-0.2, -0.15) is 4.72 Å². The fourth-order valence-corrected chi connectivity index (χ4v) is 3.80. The molecule has 28 heavy (non-hydrogen) atoms. The summed E-state index contributed by atoms with van der Waals surface area (Å²) in [6.45, 7) is 5.85. The van der Waals surface area contributed by atoms with Gasteiger partial charge in [0.1, 0.15) is 29.5 Å². The van der Waals surface area contributed by atoms with Crippen LogP contribution in [0, 0.1) is 13.8 Å². The molecule has 0 bridgehead atoms. The minimum Gasteiger partial charge on any atom is -0.493 e. The summed E-state index contributed by atoms with van der Waals surface area (Å²) in [5, 5.41) is 3.58. The molecular weight excluding hydrogens is 388 g/mol. The molecule has 0 aliphatic carbocycles. The maximum Gasteiger partial charge on any atom is 0.321 e. The van der Waals surface area contributed by atoms with Crippen molar-refractivity contribution in [2.24, 2.45) is 0 Å². The number of ketones is 1. The summed E-state index contributed by atoms with van der Waals surface area (Å²) in [5.41, 5.74) is 1.16. The Morgan fingerprint density at radius 1 is 1.25 bits per heavy atom. The van der Waals surface area contributed by atoms with Crippen LogP contribution in [0.25, 0.3) is 0 Å². The number of rotatable bonds is 9. The number of hydrogen-bond acceptors (Lipinski definition) is 8. The molecule has 0 radical (unpaired) electrons. The number of hydrogen-bond donors (Lipinski definition) is 1. The van der Waals surface area contributed by atoms with Crippen molar-refractivity contribution in [1.82, 2.24) is 9.88 Å². The largest absolute Gasteiger partial charge is 0.493 e. The van der Waals surface area contributed by atoms with Crippen LogP contribution in [0.3, 0.4) is 0 Å². The SMILES string of the molecule is CCOc1ccc(C(C)=O)cc1COC(=O)CNS(=O)(=O)c1c(C)noc1C. The summed E-state index contributed by atoms with van der Waals surface area (Å²) in [6.07, 6.45) is 0. The lowest BCUT2D eigenvalue weighted by Gasteiger charge is -2.12. The van der Waals surface area contributed by atoms with Gasteiger partial charge in [-0.25, -0.2) is 8.42 Å². The topological polar surface area (TPSA) is 125 Å². The molecule has 10 heteroatoms. The summed E-state index contributed by atoms with van der Waals surface area (Å²) in [5.74, 6) is -0.314. The van der Waals surface area contributed by atoms with Crippen molar-refractivity contribution >= 4 is 21.8 Å². The van der Waals surface area contributed by atoms with Gasteiger partial charge in [-0.05, 0) is 45.9 Å². The monoisotopic (exact) mass is 410 g/mol. The van der Waals surface area contributed by atoms with Crippen LogP contribution in [0.5, 0.6) is 5.75 Å². The van der Waals surface area contributed by atoms with Crippen molar-refractivity contribution in [1.29, 1.82) is 0 Å². The molecule has 0 spiro atoms. The third-order valence-electron chi connectivity index (χ3n) is 3.80. The molecule has 1 heterocycles. The highest BCUT2D eigenvalue weighted by Gasteiger charge is 2.25. The maximum atomic E-state index is 12.3. The first-order valence-electron chi connectivity index (χ1n) is 8.50. The number of carbonyl (C=O) groups is 2. The zero-order chi connectivity index (χ0) is 20.9. The van der Waals surface area contributed by atoms with E-state index in [0.717, 1.165) is 0 Å². The molecule has 0 saturated heterocycles. The van der Waals surface area contributed by atoms with Gasteiger partial charge in [0.25, 0.3) is 0 Å². The lowest BCUT2D eigenvalue weighted by Crippen LogP contribution is -2.31. The van der Waals surface area contributed by atoms with Gasteiger partial charge in [0.2, 0.25) is 10.0 Å². The van der Waals surface area contributed by atoms with Crippen molar-refractivity contribution in [3.05, 3.63) is 40.8 Å². The number of Topliss-reactive ketones (excluding diaryl/α,β-unsaturated/α-hetero) is 1. The van der Waals surface area contributed by atoms with Crippen LogP contribution in [0.15, 0.2) is 27.6 Å². The molecule has 1 aromatic carbocycles. The normalized spacial score (nSPS) is 11.3. The van der Waals surface area contributed by atoms with E-state index in [4.69, 9.17) is 14.0 Å². The quantitative estimate of drug-likeness (QED) is 0.491. The van der Waals surface area contributed by atoms with Gasteiger partial charge in [-0.1, -0.05) is 5.16 Å². The van der Waals surface area contributed by atoms with Crippen LogP contribution < -0.4 is 9.46 Å². The Morgan fingerprint density at radius 3 is 2.54 bits per heavy atom. The van der Waals surface area contributed by atoms with E-state index in [1.807, 2.05) is 0 Å². The molecule has 0 atom stereocenters. The fraction of sp³-hybridized carbons (Fsp3) is 0.389. The van der Waals surface area contributed by atoms with E-state index in [2.05, 4.69) is 9.88 Å². The van der Waals surface area contributed by atoms with Crippen LogP contribution in [0.1, 0.15) is 41.2 Å². The number of esters is 1. The highest BCUT2D eigenvalue weighted by Crippen LogP contribution is 2.22. The number of aromatic nitrogens is 1. The molecular formula is C18H22N2O7S. The van der Waals surface area contributed by atoms with E-state index < -0.39 is 22.5 Å². The summed E-state index contributed by atoms with van der Waals surface area (Å²) >= 11 is 0. The maximum absolute atomic E-state index is 12.3. The number of benzene rings is 1. The van der Waals surface area contributed by atoms with E-state index in [0.29, 0.717) is 23.5 Å². The Hall–Kier alpha value is -2.72. The summed E-state index contributed by atoms with van der Waals surface area (Å²) < 4.78 is 42.2. The molecule has 152 valence electrons. The van der Waals surface area contributed by atoms with Crippen molar-refractivity contribution < 1.29 is 32.0 Å². The Kier molecular flexibility index (Phi) is 6.92. The summed E-state index contributed by atoms with van der Waals surface area (Å²) in [7, 11) is -3.97. The average molecular weight is 410 g/mol. The van der Waals surface area contributed by atoms with E-state index in [1.165, 1.54) is 20.8 Å². The highest BCUT2D eigenvalue weighted by molar-refractivity contribution is 7.89. The van der Waals surface area contributed by atoms with Crippen molar-refractivity contribution in [3.8, 4) is 5.75 Å². The summed E-state index contributed by atoms with van der Waals surface area (Å²) in [4.78, 5) is 23.4. The molecule has 9 nitrogen and oxygen atoms in total. The number of aryl methyl sites for hydroxylation is 2. The van der Waals surface area contributed by atoms with Crippen LogP contribution >= 0.6 is 0 Å². The third-order valence-corrected chi connectivity index (χ3v) is 5.44. The van der Waals surface area contributed by atoms with E-state index >= 15 is 0 Å². The summed E-state index contributed by atoms with van der Waals surface area (Å²) in [6, 6.07) is 4.83. The van der Waals surface area contributed by atoms with E-state index in [-0.39, 0.29) is 28.7 Å². The number of sulfonamides is 1. The average Bonchev–Trinajstić information content (AvgIpc) is 2.98. The molecule has 0 aliphatic rings. The third kappa shape index (κ3) is 5.17. The van der Waals surface area contributed by atoms with Gasteiger partial charge in [-0.15, -0.1) is 0 Å². The molecule has 0 amide bonds. The standard InChI is InChI=1S/C18H22N2O7S/c1-5-25-16-7-6-14(12(3)21)8-15(16)10-26-17(22)9-19-28(23,24)18-11(2)20-27-13(18)4/h6-8,19H,5,9-10H2,1-4H3. The molecule has 2 rings (SSSR count). The van der Waals surface area contributed by atoms with Crippen LogP contribution in [-0.4, -0.2) is 38.5 Å². The Bertz CT molecular complexity index is 960. The lowest BCUT2D eigenvalue weighted by molar-refractivity contribution is -0.143. The van der Waals surface area contributed by atoms with Crippen molar-refractivity contribution in [3.63, 3.8) is 0 Å². The predicted molar refractivity (Wildman–Crippen MR) is 98.6 cm³/mol. The van der Waals surface area contributed by atoms with Crippen LogP contribution in [-0.2, 0) is 26.2 Å².